The smallest absolute Gasteiger partial charge is 0.264 e. The van der Waals surface area contributed by atoms with Crippen molar-refractivity contribution in [1.29, 1.82) is 0 Å². The molecule has 1 unspecified atom stereocenters. The fraction of sp³-hybridized carbons (Fsp3) is 0.389. The van der Waals surface area contributed by atoms with Crippen molar-refractivity contribution in [1.82, 2.24) is 10.2 Å². The molecule has 0 spiro atoms. The summed E-state index contributed by atoms with van der Waals surface area (Å²) in [6, 6.07) is 7.71. The average Bonchev–Trinajstić information content (AvgIpc) is 2.93. The molecule has 1 saturated heterocycles. The third-order valence-electron chi connectivity index (χ3n) is 4.39. The van der Waals surface area contributed by atoms with Gasteiger partial charge in [0.25, 0.3) is 5.91 Å². The number of rotatable bonds is 4. The zero-order valence-electron chi connectivity index (χ0n) is 14.7. The van der Waals surface area contributed by atoms with Crippen molar-refractivity contribution in [3.05, 3.63) is 57.0 Å². The van der Waals surface area contributed by atoms with Gasteiger partial charge in [-0.3, -0.25) is 4.79 Å². The molecule has 8 heteroatoms. The predicted molar refractivity (Wildman–Crippen MR) is 101 cm³/mol. The number of aryl methyl sites for hydroxylation is 1. The van der Waals surface area contributed by atoms with Crippen molar-refractivity contribution >= 4 is 27.1 Å². The van der Waals surface area contributed by atoms with Crippen LogP contribution in [0.5, 0.6) is 0 Å². The zero-order chi connectivity index (χ0) is 18.9. The summed E-state index contributed by atoms with van der Waals surface area (Å²) in [4.78, 5) is 16.1. The van der Waals surface area contributed by atoms with Crippen molar-refractivity contribution in [3.8, 4) is 0 Å². The molecule has 2 heterocycles. The lowest BCUT2D eigenvalue weighted by Crippen LogP contribution is -2.48. The summed E-state index contributed by atoms with van der Waals surface area (Å²) < 4.78 is 36.7. The average molecular weight is 397 g/mol. The van der Waals surface area contributed by atoms with Crippen LogP contribution < -0.4 is 5.32 Å². The minimum absolute atomic E-state index is 0.0719. The van der Waals surface area contributed by atoms with Gasteiger partial charge in [-0.25, -0.2) is 12.8 Å². The summed E-state index contributed by atoms with van der Waals surface area (Å²) in [5, 5.41) is 3.24. The molecule has 1 aromatic heterocycles. The van der Waals surface area contributed by atoms with E-state index in [1.807, 2.05) is 13.0 Å². The first-order valence-corrected chi connectivity index (χ1v) is 11.2. The molecule has 1 atom stereocenters. The molecule has 0 bridgehead atoms. The van der Waals surface area contributed by atoms with Crippen molar-refractivity contribution in [2.45, 2.75) is 18.7 Å². The second kappa shape index (κ2) is 7.46. The van der Waals surface area contributed by atoms with Gasteiger partial charge < -0.3 is 10.2 Å². The Bertz CT molecular complexity index is 924. The number of nitrogens with one attached hydrogen (secondary N) is 1. The van der Waals surface area contributed by atoms with E-state index in [1.165, 1.54) is 29.7 Å². The minimum Gasteiger partial charge on any atom is -0.328 e. The topological polar surface area (TPSA) is 66.5 Å². The largest absolute Gasteiger partial charge is 0.328 e. The maximum absolute atomic E-state index is 13.6. The fourth-order valence-corrected chi connectivity index (χ4v) is 5.11. The Balaban J connectivity index is 1.88. The predicted octanol–water partition coefficient (Wildman–Crippen LogP) is 2.53. The first kappa shape index (κ1) is 19.0. The van der Waals surface area contributed by atoms with E-state index in [9.17, 15) is 17.6 Å². The highest BCUT2D eigenvalue weighted by molar-refractivity contribution is 7.89. The Morgan fingerprint density at radius 3 is 2.85 bits per heavy atom. The van der Waals surface area contributed by atoms with E-state index in [0.29, 0.717) is 30.1 Å². The lowest BCUT2D eigenvalue weighted by Gasteiger charge is -2.36. The highest BCUT2D eigenvalue weighted by Crippen LogP contribution is 2.29. The molecular formula is C18H21FN2O3S2. The Kier molecular flexibility index (Phi) is 5.45. The molecule has 3 rings (SSSR count). The number of piperazine rings is 1. The number of hydrogen-bond acceptors (Lipinski definition) is 5. The van der Waals surface area contributed by atoms with Gasteiger partial charge in [0.2, 0.25) is 0 Å². The number of amides is 1. The molecule has 1 amide bonds. The molecule has 1 N–H and O–H groups in total. The van der Waals surface area contributed by atoms with Gasteiger partial charge >= 0.3 is 0 Å². The summed E-state index contributed by atoms with van der Waals surface area (Å²) in [6.45, 7) is 3.55. The Morgan fingerprint density at radius 2 is 2.15 bits per heavy atom. The van der Waals surface area contributed by atoms with Gasteiger partial charge in [0.05, 0.1) is 16.7 Å². The molecule has 0 saturated carbocycles. The SMILES string of the molecule is Cc1sc(C(=O)N2CCNCC2c2cccc(F)c2)cc1CS(C)(=O)=O. The first-order chi connectivity index (χ1) is 12.2. The molecule has 2 aromatic rings. The van der Waals surface area contributed by atoms with E-state index < -0.39 is 9.84 Å². The van der Waals surface area contributed by atoms with Crippen LogP contribution in [-0.2, 0) is 15.6 Å². The fourth-order valence-electron chi connectivity index (χ4n) is 3.15. The number of benzene rings is 1. The standard InChI is InChI=1S/C18H21FN2O3S2/c1-12-14(11-26(2,23)24)9-17(25-12)18(22)21-7-6-20-10-16(21)13-4-3-5-15(19)8-13/h3-5,8-9,16,20H,6-7,10-11H2,1-2H3. The van der Waals surface area contributed by atoms with E-state index in [2.05, 4.69) is 5.32 Å². The summed E-state index contributed by atoms with van der Waals surface area (Å²) in [5.74, 6) is -0.547. The quantitative estimate of drug-likeness (QED) is 0.863. The molecular weight excluding hydrogens is 375 g/mol. The highest BCUT2D eigenvalue weighted by Gasteiger charge is 2.30. The van der Waals surface area contributed by atoms with Crippen molar-refractivity contribution in [3.63, 3.8) is 0 Å². The van der Waals surface area contributed by atoms with Crippen LogP contribution in [0.4, 0.5) is 4.39 Å². The van der Waals surface area contributed by atoms with Gasteiger partial charge in [0.15, 0.2) is 9.84 Å². The zero-order valence-corrected chi connectivity index (χ0v) is 16.3. The summed E-state index contributed by atoms with van der Waals surface area (Å²) in [6.07, 6.45) is 1.18. The van der Waals surface area contributed by atoms with Crippen LogP contribution in [0.25, 0.3) is 0 Å². The third-order valence-corrected chi connectivity index (χ3v) is 6.30. The van der Waals surface area contributed by atoms with E-state index >= 15 is 0 Å². The van der Waals surface area contributed by atoms with Gasteiger partial charge in [-0.2, -0.15) is 0 Å². The Labute approximate surface area is 156 Å². The molecule has 0 aliphatic carbocycles. The van der Waals surface area contributed by atoms with Crippen LogP contribution in [0.3, 0.4) is 0 Å². The summed E-state index contributed by atoms with van der Waals surface area (Å²) in [7, 11) is -3.17. The maximum atomic E-state index is 13.6. The van der Waals surface area contributed by atoms with Gasteiger partial charge in [-0.05, 0) is 36.2 Å². The number of hydrogen-bond donors (Lipinski definition) is 1. The van der Waals surface area contributed by atoms with Crippen molar-refractivity contribution < 1.29 is 17.6 Å². The van der Waals surface area contributed by atoms with Crippen molar-refractivity contribution in [2.24, 2.45) is 0 Å². The van der Waals surface area contributed by atoms with Gasteiger partial charge in [0.1, 0.15) is 5.82 Å². The van der Waals surface area contributed by atoms with Crippen LogP contribution in [-0.4, -0.2) is 45.1 Å². The van der Waals surface area contributed by atoms with E-state index in [1.54, 1.807) is 17.0 Å². The van der Waals surface area contributed by atoms with Gasteiger partial charge in [-0.1, -0.05) is 12.1 Å². The van der Waals surface area contributed by atoms with Crippen LogP contribution in [0, 0.1) is 12.7 Å². The van der Waals surface area contributed by atoms with Crippen LogP contribution >= 0.6 is 11.3 Å². The number of carbonyl (C=O) groups is 1. The summed E-state index contributed by atoms with van der Waals surface area (Å²) in [5.41, 5.74) is 1.41. The maximum Gasteiger partial charge on any atom is 0.264 e. The normalized spacial score (nSPS) is 18.1. The van der Waals surface area contributed by atoms with Gasteiger partial charge in [0, 0.05) is 30.8 Å². The Morgan fingerprint density at radius 1 is 1.38 bits per heavy atom. The number of nitrogens with zero attached hydrogens (tertiary/aromatic N) is 1. The number of sulfone groups is 1. The summed E-state index contributed by atoms with van der Waals surface area (Å²) >= 11 is 1.31. The van der Waals surface area contributed by atoms with Crippen LogP contribution in [0.1, 0.15) is 31.7 Å². The molecule has 140 valence electrons. The molecule has 1 aliphatic rings. The Hall–Kier alpha value is -1.77. The second-order valence-corrected chi connectivity index (χ2v) is 9.93. The molecule has 5 nitrogen and oxygen atoms in total. The first-order valence-electron chi connectivity index (χ1n) is 8.29. The lowest BCUT2D eigenvalue weighted by atomic mass is 10.0. The number of carbonyl (C=O) groups excluding carboxylic acids is 1. The van der Waals surface area contributed by atoms with E-state index in [4.69, 9.17) is 0 Å². The van der Waals surface area contributed by atoms with E-state index in [-0.39, 0.29) is 23.5 Å². The number of halogens is 1. The molecule has 1 fully saturated rings. The second-order valence-electron chi connectivity index (χ2n) is 6.54. The molecule has 1 aliphatic heterocycles. The van der Waals surface area contributed by atoms with Crippen LogP contribution in [0.15, 0.2) is 30.3 Å². The third kappa shape index (κ3) is 4.31. The van der Waals surface area contributed by atoms with Crippen molar-refractivity contribution in [2.75, 3.05) is 25.9 Å². The minimum atomic E-state index is -3.17. The molecule has 26 heavy (non-hydrogen) atoms. The number of thiophene rings is 1. The lowest BCUT2D eigenvalue weighted by molar-refractivity contribution is 0.0639. The highest BCUT2D eigenvalue weighted by atomic mass is 32.2. The molecule has 0 radical (unpaired) electrons. The van der Waals surface area contributed by atoms with Crippen LogP contribution in [0.2, 0.25) is 0 Å². The monoisotopic (exact) mass is 396 g/mol. The molecule has 1 aromatic carbocycles. The van der Waals surface area contributed by atoms with E-state index in [0.717, 1.165) is 10.4 Å². The van der Waals surface area contributed by atoms with Gasteiger partial charge in [-0.15, -0.1) is 11.3 Å².